The lowest BCUT2D eigenvalue weighted by molar-refractivity contribution is 0.0955. The van der Waals surface area contributed by atoms with Crippen molar-refractivity contribution in [1.29, 1.82) is 0 Å². The summed E-state index contributed by atoms with van der Waals surface area (Å²) in [4.78, 5) is 15.6. The molecule has 0 bridgehead atoms. The number of amides is 2. The van der Waals surface area contributed by atoms with Gasteiger partial charge in [0.15, 0.2) is 0 Å². The maximum Gasteiger partial charge on any atom is 0.320 e. The second-order valence-corrected chi connectivity index (χ2v) is 4.27. The molecule has 5 nitrogen and oxygen atoms in total. The Morgan fingerprint density at radius 1 is 1.35 bits per heavy atom. The Balaban J connectivity index is 1.84. The van der Waals surface area contributed by atoms with Gasteiger partial charge in [-0.1, -0.05) is 18.9 Å². The monoisotopic (exact) mass is 235 g/mol. The van der Waals surface area contributed by atoms with Gasteiger partial charge in [0.1, 0.15) is 5.82 Å². The molecular formula is C12H17N3O2. The van der Waals surface area contributed by atoms with Gasteiger partial charge >= 0.3 is 6.03 Å². The number of hydrogen-bond donors (Lipinski definition) is 3. The summed E-state index contributed by atoms with van der Waals surface area (Å²) in [7, 11) is 0. The zero-order valence-electron chi connectivity index (χ0n) is 9.60. The van der Waals surface area contributed by atoms with Gasteiger partial charge in [-0.15, -0.1) is 0 Å². The number of rotatable bonds is 2. The third-order valence-corrected chi connectivity index (χ3v) is 2.95. The van der Waals surface area contributed by atoms with Crippen LogP contribution in [0.4, 0.5) is 10.6 Å². The van der Waals surface area contributed by atoms with Crippen molar-refractivity contribution in [1.82, 2.24) is 10.3 Å². The molecule has 1 aromatic heterocycles. The van der Waals surface area contributed by atoms with E-state index in [2.05, 4.69) is 15.6 Å². The Kier molecular flexibility index (Phi) is 3.93. The first kappa shape index (κ1) is 11.9. The van der Waals surface area contributed by atoms with E-state index in [-0.39, 0.29) is 12.1 Å². The fourth-order valence-electron chi connectivity index (χ4n) is 2.04. The molecule has 2 rings (SSSR count). The summed E-state index contributed by atoms with van der Waals surface area (Å²) in [5.74, 6) is 0.510. The number of hydrogen-bond acceptors (Lipinski definition) is 3. The van der Waals surface area contributed by atoms with Gasteiger partial charge < -0.3 is 10.4 Å². The first-order valence-electron chi connectivity index (χ1n) is 5.92. The summed E-state index contributed by atoms with van der Waals surface area (Å²) in [5, 5.41) is 15.1. The van der Waals surface area contributed by atoms with Gasteiger partial charge in [-0.3, -0.25) is 5.32 Å². The molecule has 1 aliphatic carbocycles. The molecule has 2 atom stereocenters. The molecule has 0 unspecified atom stereocenters. The molecular weight excluding hydrogens is 218 g/mol. The predicted octanol–water partition coefficient (Wildman–Crippen LogP) is 1.51. The van der Waals surface area contributed by atoms with Crippen LogP contribution in [0.5, 0.6) is 0 Å². The average Bonchev–Trinajstić information content (AvgIpc) is 2.33. The largest absolute Gasteiger partial charge is 0.391 e. The third-order valence-electron chi connectivity index (χ3n) is 2.95. The minimum atomic E-state index is -0.432. The van der Waals surface area contributed by atoms with Crippen molar-refractivity contribution in [2.75, 3.05) is 5.32 Å². The van der Waals surface area contributed by atoms with E-state index in [1.165, 1.54) is 0 Å². The molecule has 0 aliphatic heterocycles. The number of aliphatic hydroxyl groups is 1. The molecule has 17 heavy (non-hydrogen) atoms. The Labute approximate surface area is 100 Å². The van der Waals surface area contributed by atoms with Crippen molar-refractivity contribution in [2.24, 2.45) is 0 Å². The number of carbonyl (C=O) groups is 1. The maximum atomic E-state index is 11.7. The molecule has 1 saturated carbocycles. The first-order valence-corrected chi connectivity index (χ1v) is 5.92. The average molecular weight is 235 g/mol. The standard InChI is InChI=1S/C12H17N3O2/c16-10-6-2-1-5-9(10)14-12(17)15-11-7-3-4-8-13-11/h3-4,7-10,16H,1-2,5-6H2,(H2,13,14,15,17)/t9-,10-/m1/s1. The fraction of sp³-hybridized carbons (Fsp3) is 0.500. The Morgan fingerprint density at radius 3 is 2.88 bits per heavy atom. The highest BCUT2D eigenvalue weighted by atomic mass is 16.3. The van der Waals surface area contributed by atoms with Gasteiger partial charge in [-0.25, -0.2) is 9.78 Å². The Hall–Kier alpha value is -1.62. The van der Waals surface area contributed by atoms with Crippen LogP contribution in [0.2, 0.25) is 0 Å². The lowest BCUT2D eigenvalue weighted by atomic mass is 9.93. The molecule has 0 saturated heterocycles. The molecule has 2 amide bonds. The summed E-state index contributed by atoms with van der Waals surface area (Å²) in [5.41, 5.74) is 0. The van der Waals surface area contributed by atoms with Crippen LogP contribution in [0.3, 0.4) is 0 Å². The highest BCUT2D eigenvalue weighted by Crippen LogP contribution is 2.18. The SMILES string of the molecule is O=C(Nc1ccccn1)N[C@@H]1CCCC[C@H]1O. The van der Waals surface area contributed by atoms with Crippen LogP contribution in [-0.2, 0) is 0 Å². The number of anilines is 1. The van der Waals surface area contributed by atoms with E-state index in [9.17, 15) is 9.90 Å². The second kappa shape index (κ2) is 5.63. The number of aromatic nitrogens is 1. The van der Waals surface area contributed by atoms with Crippen LogP contribution >= 0.6 is 0 Å². The minimum Gasteiger partial charge on any atom is -0.391 e. The summed E-state index contributed by atoms with van der Waals surface area (Å²) in [6.07, 6.45) is 4.85. The van der Waals surface area contributed by atoms with E-state index < -0.39 is 6.10 Å². The number of carbonyl (C=O) groups excluding carboxylic acids is 1. The third kappa shape index (κ3) is 3.42. The van der Waals surface area contributed by atoms with Crippen molar-refractivity contribution in [3.8, 4) is 0 Å². The molecule has 92 valence electrons. The van der Waals surface area contributed by atoms with Crippen LogP contribution in [0.25, 0.3) is 0 Å². The summed E-state index contributed by atoms with van der Waals surface area (Å²) in [6, 6.07) is 4.85. The van der Waals surface area contributed by atoms with E-state index in [1.807, 2.05) is 0 Å². The summed E-state index contributed by atoms with van der Waals surface area (Å²) >= 11 is 0. The van der Waals surface area contributed by atoms with Crippen molar-refractivity contribution >= 4 is 11.8 Å². The van der Waals surface area contributed by atoms with Crippen molar-refractivity contribution in [2.45, 2.75) is 37.8 Å². The second-order valence-electron chi connectivity index (χ2n) is 4.27. The number of pyridine rings is 1. The van der Waals surface area contributed by atoms with E-state index in [1.54, 1.807) is 24.4 Å². The smallest absolute Gasteiger partial charge is 0.320 e. The molecule has 0 spiro atoms. The van der Waals surface area contributed by atoms with Crippen molar-refractivity contribution in [3.05, 3.63) is 24.4 Å². The molecule has 1 aromatic rings. The molecule has 1 aliphatic rings. The quantitative estimate of drug-likeness (QED) is 0.727. The molecule has 1 heterocycles. The van der Waals surface area contributed by atoms with Crippen LogP contribution in [-0.4, -0.2) is 28.3 Å². The minimum absolute atomic E-state index is 0.146. The number of nitrogens with zero attached hydrogens (tertiary/aromatic N) is 1. The maximum absolute atomic E-state index is 11.7. The molecule has 1 fully saturated rings. The zero-order chi connectivity index (χ0) is 12.1. The van der Waals surface area contributed by atoms with Crippen molar-refractivity contribution in [3.63, 3.8) is 0 Å². The summed E-state index contributed by atoms with van der Waals surface area (Å²) < 4.78 is 0. The van der Waals surface area contributed by atoms with Crippen LogP contribution < -0.4 is 10.6 Å². The van der Waals surface area contributed by atoms with Gasteiger partial charge in [0.2, 0.25) is 0 Å². The molecule has 0 aromatic carbocycles. The van der Waals surface area contributed by atoms with Crippen LogP contribution in [0.1, 0.15) is 25.7 Å². The number of urea groups is 1. The lowest BCUT2D eigenvalue weighted by Gasteiger charge is -2.28. The highest BCUT2D eigenvalue weighted by Gasteiger charge is 2.24. The predicted molar refractivity (Wildman–Crippen MR) is 64.7 cm³/mol. The molecule has 0 radical (unpaired) electrons. The van der Waals surface area contributed by atoms with Crippen molar-refractivity contribution < 1.29 is 9.90 Å². The molecule has 3 N–H and O–H groups in total. The van der Waals surface area contributed by atoms with Crippen LogP contribution in [0, 0.1) is 0 Å². The van der Waals surface area contributed by atoms with E-state index in [4.69, 9.17) is 0 Å². The lowest BCUT2D eigenvalue weighted by Crippen LogP contribution is -2.46. The van der Waals surface area contributed by atoms with E-state index >= 15 is 0 Å². The number of aliphatic hydroxyl groups excluding tert-OH is 1. The van der Waals surface area contributed by atoms with Gasteiger partial charge in [-0.05, 0) is 25.0 Å². The molecule has 5 heteroatoms. The normalized spacial score (nSPS) is 24.1. The van der Waals surface area contributed by atoms with Crippen LogP contribution in [0.15, 0.2) is 24.4 Å². The topological polar surface area (TPSA) is 74.2 Å². The van der Waals surface area contributed by atoms with Gasteiger partial charge in [0.25, 0.3) is 0 Å². The van der Waals surface area contributed by atoms with Gasteiger partial charge in [0, 0.05) is 6.20 Å². The fourth-order valence-corrected chi connectivity index (χ4v) is 2.04. The number of nitrogens with one attached hydrogen (secondary N) is 2. The first-order chi connectivity index (χ1) is 8.25. The van der Waals surface area contributed by atoms with E-state index in [0.29, 0.717) is 5.82 Å². The van der Waals surface area contributed by atoms with E-state index in [0.717, 1.165) is 25.7 Å². The summed E-state index contributed by atoms with van der Waals surface area (Å²) in [6.45, 7) is 0. The highest BCUT2D eigenvalue weighted by molar-refractivity contribution is 5.88. The van der Waals surface area contributed by atoms with Gasteiger partial charge in [-0.2, -0.15) is 0 Å². The van der Waals surface area contributed by atoms with Gasteiger partial charge in [0.05, 0.1) is 12.1 Å². The zero-order valence-corrected chi connectivity index (χ0v) is 9.60. The Bertz CT molecular complexity index is 369. The Morgan fingerprint density at radius 2 is 2.18 bits per heavy atom.